The number of nitrogens with zero attached hydrogens (tertiary/aromatic N) is 1. The molecule has 1 amide bonds. The monoisotopic (exact) mass is 1180 g/mol. The number of nitrogens with one attached hydrogen (secondary N) is 1. The van der Waals surface area contributed by atoms with Crippen molar-refractivity contribution < 1.29 is 37.3 Å². The number of quaternary nitrogens is 1. The zero-order valence-corrected chi connectivity index (χ0v) is 55.3. The fraction of sp³-hybridized carbons (Fsp3) is 0.699. The second kappa shape index (κ2) is 61.5. The lowest BCUT2D eigenvalue weighted by atomic mass is 10.0. The van der Waals surface area contributed by atoms with Gasteiger partial charge in [0.15, 0.2) is 0 Å². The number of phosphoric ester groups is 1. The third-order valence-electron chi connectivity index (χ3n) is 14.5. The quantitative estimate of drug-likeness (QED) is 0.0156. The van der Waals surface area contributed by atoms with Gasteiger partial charge in [0.1, 0.15) is 19.3 Å². The van der Waals surface area contributed by atoms with E-state index in [-0.39, 0.29) is 37.9 Å². The molecule has 3 unspecified atom stereocenters. The van der Waals surface area contributed by atoms with Crippen LogP contribution in [0.2, 0.25) is 0 Å². The Kier molecular flexibility index (Phi) is 58.8. The maximum absolute atomic E-state index is 13.6. The third-order valence-corrected chi connectivity index (χ3v) is 15.5. The van der Waals surface area contributed by atoms with Gasteiger partial charge < -0.3 is 19.4 Å². The molecule has 0 saturated carbocycles. The molecule has 3 atom stereocenters. The van der Waals surface area contributed by atoms with Gasteiger partial charge in [0.05, 0.1) is 33.8 Å². The molecule has 0 heterocycles. The van der Waals surface area contributed by atoms with Crippen molar-refractivity contribution in [1.29, 1.82) is 0 Å². The van der Waals surface area contributed by atoms with Gasteiger partial charge in [-0.2, -0.15) is 0 Å². The van der Waals surface area contributed by atoms with E-state index < -0.39 is 20.0 Å². The summed E-state index contributed by atoms with van der Waals surface area (Å²) in [6.07, 6.45) is 86.4. The summed E-state index contributed by atoms with van der Waals surface area (Å²) in [6, 6.07) is -0.880. The van der Waals surface area contributed by atoms with Gasteiger partial charge in [-0.15, -0.1) is 0 Å². The molecule has 476 valence electrons. The fourth-order valence-corrected chi connectivity index (χ4v) is 10.1. The number of likely N-dealkylation sites (N-methyl/N-ethyl adjacent to an activating group) is 1. The van der Waals surface area contributed by atoms with Crippen molar-refractivity contribution in [2.45, 2.75) is 290 Å². The molecular weight excluding hydrogens is 1050 g/mol. The van der Waals surface area contributed by atoms with Gasteiger partial charge in [-0.1, -0.05) is 297 Å². The Morgan fingerprint density at radius 1 is 0.446 bits per heavy atom. The molecule has 0 aliphatic carbocycles. The second-order valence-electron chi connectivity index (χ2n) is 23.8. The number of rotatable bonds is 60. The van der Waals surface area contributed by atoms with Crippen molar-refractivity contribution in [2.24, 2.45) is 0 Å². The summed E-state index contributed by atoms with van der Waals surface area (Å²) < 4.78 is 30.7. The smallest absolute Gasteiger partial charge is 0.456 e. The lowest BCUT2D eigenvalue weighted by Crippen LogP contribution is -2.47. The first-order valence-corrected chi connectivity index (χ1v) is 35.4. The normalized spacial score (nSPS) is 14.3. The van der Waals surface area contributed by atoms with E-state index in [1.54, 1.807) is 0 Å². The molecule has 0 saturated heterocycles. The van der Waals surface area contributed by atoms with Gasteiger partial charge in [-0.3, -0.25) is 18.6 Å². The van der Waals surface area contributed by atoms with Crippen LogP contribution in [-0.2, 0) is 27.9 Å². The number of hydrogen-bond acceptors (Lipinski definition) is 6. The van der Waals surface area contributed by atoms with Crippen LogP contribution in [0.25, 0.3) is 0 Å². The average Bonchev–Trinajstić information content (AvgIpc) is 3.46. The zero-order valence-electron chi connectivity index (χ0n) is 54.4. The molecule has 0 rings (SSSR count). The Morgan fingerprint density at radius 3 is 1.30 bits per heavy atom. The molecule has 0 fully saturated rings. The molecule has 2 N–H and O–H groups in total. The minimum Gasteiger partial charge on any atom is -0.456 e. The number of carbonyl (C=O) groups excluding carboxylic acids is 2. The minimum atomic E-state index is -4.47. The van der Waals surface area contributed by atoms with Gasteiger partial charge in [0.2, 0.25) is 5.91 Å². The highest BCUT2D eigenvalue weighted by Crippen LogP contribution is 2.43. The van der Waals surface area contributed by atoms with Crippen molar-refractivity contribution in [2.75, 3.05) is 40.9 Å². The van der Waals surface area contributed by atoms with E-state index in [1.807, 2.05) is 94.1 Å². The second-order valence-corrected chi connectivity index (χ2v) is 25.2. The van der Waals surface area contributed by atoms with Crippen LogP contribution in [0.1, 0.15) is 278 Å². The van der Waals surface area contributed by atoms with Crippen molar-refractivity contribution in [1.82, 2.24) is 5.32 Å². The van der Waals surface area contributed by atoms with Crippen molar-refractivity contribution in [3.8, 4) is 0 Å². The van der Waals surface area contributed by atoms with Crippen molar-refractivity contribution in [3.63, 3.8) is 0 Å². The molecule has 10 heteroatoms. The van der Waals surface area contributed by atoms with E-state index in [2.05, 4.69) is 74.7 Å². The van der Waals surface area contributed by atoms with E-state index in [4.69, 9.17) is 13.8 Å². The molecule has 0 aromatic rings. The predicted octanol–water partition coefficient (Wildman–Crippen LogP) is 21.4. The minimum absolute atomic E-state index is 0.0252. The molecule has 9 nitrogen and oxygen atoms in total. The highest BCUT2D eigenvalue weighted by molar-refractivity contribution is 7.47. The summed E-state index contributed by atoms with van der Waals surface area (Å²) >= 11 is 0. The van der Waals surface area contributed by atoms with Crippen LogP contribution in [0.3, 0.4) is 0 Å². The van der Waals surface area contributed by atoms with Gasteiger partial charge in [0.25, 0.3) is 0 Å². The summed E-state index contributed by atoms with van der Waals surface area (Å²) in [5.74, 6) is -0.559. The Bertz CT molecular complexity index is 1830. The number of carbonyl (C=O) groups is 2. The number of unbranched alkanes of at least 4 members (excludes halogenated alkanes) is 31. The number of allylic oxidation sites excluding steroid dienone is 19. The maximum atomic E-state index is 13.6. The van der Waals surface area contributed by atoms with Crippen LogP contribution in [-0.4, -0.2) is 74.3 Å². The van der Waals surface area contributed by atoms with E-state index >= 15 is 0 Å². The van der Waals surface area contributed by atoms with Crippen LogP contribution in [0.5, 0.6) is 0 Å². The first-order chi connectivity index (χ1) is 40.4. The van der Waals surface area contributed by atoms with Gasteiger partial charge in [-0.25, -0.2) is 4.57 Å². The van der Waals surface area contributed by atoms with Crippen molar-refractivity contribution in [3.05, 3.63) is 122 Å². The largest absolute Gasteiger partial charge is 0.472 e. The summed E-state index contributed by atoms with van der Waals surface area (Å²) in [4.78, 5) is 37.8. The lowest BCUT2D eigenvalue weighted by molar-refractivity contribution is -0.870. The molecule has 0 aliphatic rings. The number of hydrogen-bond donors (Lipinski definition) is 2. The van der Waals surface area contributed by atoms with E-state index in [9.17, 15) is 19.0 Å². The highest BCUT2D eigenvalue weighted by Gasteiger charge is 2.30. The maximum Gasteiger partial charge on any atom is 0.472 e. The zero-order chi connectivity index (χ0) is 60.7. The van der Waals surface area contributed by atoms with Gasteiger partial charge >= 0.3 is 13.8 Å². The number of phosphoric acid groups is 1. The number of ether oxygens (including phenoxy) is 1. The molecule has 0 spiro atoms. The van der Waals surface area contributed by atoms with Gasteiger partial charge in [0, 0.05) is 12.8 Å². The average molecular weight is 1180 g/mol. The first kappa shape index (κ1) is 79.4. The van der Waals surface area contributed by atoms with E-state index in [1.165, 1.54) is 161 Å². The summed E-state index contributed by atoms with van der Waals surface area (Å²) in [5, 5.41) is 3.04. The van der Waals surface area contributed by atoms with Crippen LogP contribution in [0.4, 0.5) is 0 Å². The first-order valence-electron chi connectivity index (χ1n) is 33.9. The Morgan fingerprint density at radius 2 is 0.819 bits per heavy atom. The fourth-order valence-electron chi connectivity index (χ4n) is 9.33. The number of amides is 1. The molecule has 0 radical (unpaired) electrons. The Labute approximate surface area is 512 Å². The van der Waals surface area contributed by atoms with Gasteiger partial charge in [-0.05, 0) is 89.5 Å². The molecule has 0 aromatic carbocycles. The van der Waals surface area contributed by atoms with E-state index in [0.29, 0.717) is 17.4 Å². The lowest BCUT2D eigenvalue weighted by Gasteiger charge is -2.27. The Balaban J connectivity index is 5.16. The third kappa shape index (κ3) is 62.8. The highest BCUT2D eigenvalue weighted by atomic mass is 31.2. The standard InChI is InChI=1S/C73H127N2O7P/c1-7-10-13-16-19-22-25-28-30-32-33-34-35-36-37-38-39-40-41-43-45-48-51-54-57-60-63-66-73(77)82-71(64-61-58-55-52-49-46-27-24-21-18-15-12-9-3)70(69-81-83(78,79)80-68-67-75(4,5)6)74-72(76)65-62-59-56-53-50-47-44-42-31-29-26-23-20-17-14-11-8-2/h11,14,17,19-20,22-23,26,28-31,33-34,42,44,47,50,61,64,70-71H,7-10,12-13,15-16,18,21,24-25,27,32,35-41,43,45-46,48-49,51-60,62-63,65-69H2,1-6H3,(H-,74,76,78,79)/p+1/b14-11-,20-17+,22-19-,26-23+,30-28-,31-29-,34-33-,44-42+,50-47+,64-61-. The van der Waals surface area contributed by atoms with E-state index in [0.717, 1.165) is 77.0 Å². The molecule has 0 aromatic heterocycles. The van der Waals surface area contributed by atoms with Crippen LogP contribution in [0, 0.1) is 0 Å². The summed E-state index contributed by atoms with van der Waals surface area (Å²) in [7, 11) is 1.45. The summed E-state index contributed by atoms with van der Waals surface area (Å²) in [5.41, 5.74) is 0. The Hall–Kier alpha value is -3.59. The summed E-state index contributed by atoms with van der Waals surface area (Å²) in [6.45, 7) is 6.81. The predicted molar refractivity (Wildman–Crippen MR) is 360 cm³/mol. The van der Waals surface area contributed by atoms with Crippen LogP contribution >= 0.6 is 7.82 Å². The molecular formula is C73H128N2O7P+. The topological polar surface area (TPSA) is 111 Å². The van der Waals surface area contributed by atoms with Crippen LogP contribution in [0.15, 0.2) is 122 Å². The molecule has 83 heavy (non-hydrogen) atoms. The van der Waals surface area contributed by atoms with Crippen LogP contribution < -0.4 is 5.32 Å². The van der Waals surface area contributed by atoms with Crippen molar-refractivity contribution >= 4 is 19.7 Å². The molecule has 0 aliphatic heterocycles. The SMILES string of the molecule is CC\C=C/C=C/C=C/C=C\C=C\C=C\CCCCCC(=O)NC(COP(=O)(O)OCC[N+](C)(C)C)C(/C=C\CCCCCCCCCCCCC)OC(=O)CCCCCCCCCCCCCCCC/C=C\C/C=C\C/C=C\CCCCC. The number of esters is 1. The molecule has 0 bridgehead atoms.